The maximum atomic E-state index is 4.33. The molecule has 0 fully saturated rings. The Morgan fingerprint density at radius 2 is 2.08 bits per heavy atom. The van der Waals surface area contributed by atoms with Crippen molar-refractivity contribution in [1.29, 1.82) is 0 Å². The van der Waals surface area contributed by atoms with Crippen LogP contribution in [-0.2, 0) is 0 Å². The molecular formula is C10H16N3. The summed E-state index contributed by atoms with van der Waals surface area (Å²) >= 11 is 0. The van der Waals surface area contributed by atoms with E-state index in [1.165, 1.54) is 0 Å². The number of hydrogen-bond donors (Lipinski definition) is 0. The van der Waals surface area contributed by atoms with Crippen LogP contribution in [-0.4, -0.2) is 29.0 Å². The molecule has 1 rings (SSSR count). The Labute approximate surface area is 79.8 Å². The number of nitrogens with zero attached hydrogens (tertiary/aromatic N) is 3. The third-order valence-corrected chi connectivity index (χ3v) is 2.04. The highest BCUT2D eigenvalue weighted by molar-refractivity contribution is 5.05. The summed E-state index contributed by atoms with van der Waals surface area (Å²) in [6, 6.07) is 0.271. The fraction of sp³-hybridized carbons (Fsp3) is 0.500. The van der Waals surface area contributed by atoms with Crippen LogP contribution < -0.4 is 0 Å². The third kappa shape index (κ3) is 2.49. The van der Waals surface area contributed by atoms with E-state index in [-0.39, 0.29) is 6.04 Å². The molecule has 1 unspecified atom stereocenters. The smallest absolute Gasteiger partial charge is 0.0758 e. The van der Waals surface area contributed by atoms with E-state index in [2.05, 4.69) is 21.8 Å². The Kier molecular flexibility index (Phi) is 3.37. The molecule has 0 aliphatic rings. The van der Waals surface area contributed by atoms with Crippen LogP contribution in [0.15, 0.2) is 12.4 Å². The molecule has 0 amide bonds. The van der Waals surface area contributed by atoms with Crippen molar-refractivity contribution in [3.8, 4) is 0 Å². The van der Waals surface area contributed by atoms with E-state index < -0.39 is 0 Å². The summed E-state index contributed by atoms with van der Waals surface area (Å²) < 4.78 is 0. The second kappa shape index (κ2) is 4.33. The van der Waals surface area contributed by atoms with Crippen molar-refractivity contribution in [1.82, 2.24) is 14.9 Å². The lowest BCUT2D eigenvalue weighted by atomic mass is 10.1. The second-order valence-corrected chi connectivity index (χ2v) is 3.35. The van der Waals surface area contributed by atoms with Crippen LogP contribution in [0.4, 0.5) is 0 Å². The van der Waals surface area contributed by atoms with Crippen LogP contribution >= 0.6 is 0 Å². The van der Waals surface area contributed by atoms with E-state index in [0.29, 0.717) is 0 Å². The van der Waals surface area contributed by atoms with E-state index in [4.69, 9.17) is 0 Å². The predicted octanol–water partition coefficient (Wildman–Crippen LogP) is 1.61. The fourth-order valence-electron chi connectivity index (χ4n) is 1.25. The molecule has 0 aromatic carbocycles. The first-order valence-corrected chi connectivity index (χ1v) is 4.39. The number of rotatable bonds is 3. The zero-order chi connectivity index (χ0) is 9.84. The van der Waals surface area contributed by atoms with Gasteiger partial charge in [0, 0.05) is 6.20 Å². The lowest BCUT2D eigenvalue weighted by molar-refractivity contribution is 0.294. The van der Waals surface area contributed by atoms with Gasteiger partial charge >= 0.3 is 0 Å². The van der Waals surface area contributed by atoms with Gasteiger partial charge in [-0.3, -0.25) is 9.97 Å². The largest absolute Gasteiger partial charge is 0.301 e. The highest BCUT2D eigenvalue weighted by atomic mass is 15.1. The first-order chi connectivity index (χ1) is 6.15. The molecule has 1 heterocycles. The quantitative estimate of drug-likeness (QED) is 0.704. The molecule has 1 aromatic rings. The SMILES string of the molecule is [CH2]CC(c1cnc(C)cn1)N(C)C. The van der Waals surface area contributed by atoms with Gasteiger partial charge in [0.05, 0.1) is 23.6 Å². The fourth-order valence-corrected chi connectivity index (χ4v) is 1.25. The molecule has 1 radical (unpaired) electrons. The summed E-state index contributed by atoms with van der Waals surface area (Å²) in [5, 5.41) is 0. The van der Waals surface area contributed by atoms with Gasteiger partial charge < -0.3 is 4.90 Å². The molecule has 1 aromatic heterocycles. The van der Waals surface area contributed by atoms with Gasteiger partial charge in [-0.15, -0.1) is 0 Å². The van der Waals surface area contributed by atoms with Gasteiger partial charge in [0.25, 0.3) is 0 Å². The molecule has 1 atom stereocenters. The molecule has 0 N–H and O–H groups in total. The maximum Gasteiger partial charge on any atom is 0.0758 e. The first kappa shape index (κ1) is 10.1. The Morgan fingerprint density at radius 3 is 2.46 bits per heavy atom. The van der Waals surface area contributed by atoms with Crippen molar-refractivity contribution < 1.29 is 0 Å². The summed E-state index contributed by atoms with van der Waals surface area (Å²) in [4.78, 5) is 10.6. The van der Waals surface area contributed by atoms with Crippen molar-refractivity contribution in [3.63, 3.8) is 0 Å². The van der Waals surface area contributed by atoms with Crippen LogP contribution in [0.5, 0.6) is 0 Å². The third-order valence-electron chi connectivity index (χ3n) is 2.04. The lowest BCUT2D eigenvalue weighted by Crippen LogP contribution is -2.20. The standard InChI is InChI=1S/C10H16N3/c1-5-10(13(3)4)9-7-11-8(2)6-12-9/h6-7,10H,1,5H2,2-4H3. The highest BCUT2D eigenvalue weighted by Crippen LogP contribution is 2.17. The van der Waals surface area contributed by atoms with Gasteiger partial charge in [-0.25, -0.2) is 0 Å². The van der Waals surface area contributed by atoms with Crippen LogP contribution in [0, 0.1) is 13.8 Å². The molecule has 0 aliphatic heterocycles. The summed E-state index contributed by atoms with van der Waals surface area (Å²) in [7, 11) is 4.05. The van der Waals surface area contributed by atoms with Crippen molar-refractivity contribution in [3.05, 3.63) is 30.7 Å². The summed E-state index contributed by atoms with van der Waals surface area (Å²) in [6.07, 6.45) is 4.43. The van der Waals surface area contributed by atoms with Gasteiger partial charge in [-0.1, -0.05) is 6.92 Å². The van der Waals surface area contributed by atoms with Crippen LogP contribution in [0.25, 0.3) is 0 Å². The molecular weight excluding hydrogens is 162 g/mol. The molecule has 0 bridgehead atoms. The minimum Gasteiger partial charge on any atom is -0.301 e. The zero-order valence-corrected chi connectivity index (χ0v) is 8.49. The molecule has 3 heteroatoms. The average molecular weight is 178 g/mol. The molecule has 0 spiro atoms. The van der Waals surface area contributed by atoms with Crippen LogP contribution in [0.3, 0.4) is 0 Å². The van der Waals surface area contributed by atoms with Crippen molar-refractivity contribution >= 4 is 0 Å². The first-order valence-electron chi connectivity index (χ1n) is 4.39. The van der Waals surface area contributed by atoms with E-state index in [1.807, 2.05) is 27.2 Å². The number of hydrogen-bond acceptors (Lipinski definition) is 3. The molecule has 3 nitrogen and oxygen atoms in total. The minimum absolute atomic E-state index is 0.271. The summed E-state index contributed by atoms with van der Waals surface area (Å²) in [6.45, 7) is 5.83. The predicted molar refractivity (Wildman–Crippen MR) is 53.2 cm³/mol. The molecule has 0 saturated heterocycles. The normalized spacial score (nSPS) is 13.3. The van der Waals surface area contributed by atoms with E-state index in [1.54, 1.807) is 6.20 Å². The molecule has 0 aliphatic carbocycles. The van der Waals surface area contributed by atoms with E-state index in [9.17, 15) is 0 Å². The van der Waals surface area contributed by atoms with E-state index in [0.717, 1.165) is 17.8 Å². The Balaban J connectivity index is 2.86. The molecule has 71 valence electrons. The van der Waals surface area contributed by atoms with Gasteiger partial charge in [0.1, 0.15) is 0 Å². The highest BCUT2D eigenvalue weighted by Gasteiger charge is 2.12. The maximum absolute atomic E-state index is 4.33. The van der Waals surface area contributed by atoms with Crippen molar-refractivity contribution in [2.24, 2.45) is 0 Å². The number of aromatic nitrogens is 2. The van der Waals surface area contributed by atoms with Gasteiger partial charge in [0.15, 0.2) is 0 Å². The van der Waals surface area contributed by atoms with Crippen molar-refractivity contribution in [2.75, 3.05) is 14.1 Å². The van der Waals surface area contributed by atoms with Crippen molar-refractivity contribution in [2.45, 2.75) is 19.4 Å². The minimum atomic E-state index is 0.271. The van der Waals surface area contributed by atoms with Crippen LogP contribution in [0.1, 0.15) is 23.9 Å². The monoisotopic (exact) mass is 178 g/mol. The Bertz CT molecular complexity index is 253. The molecule has 13 heavy (non-hydrogen) atoms. The zero-order valence-electron chi connectivity index (χ0n) is 8.49. The summed E-state index contributed by atoms with van der Waals surface area (Å²) in [5.41, 5.74) is 1.94. The van der Waals surface area contributed by atoms with Gasteiger partial charge in [0.2, 0.25) is 0 Å². The van der Waals surface area contributed by atoms with Crippen LogP contribution in [0.2, 0.25) is 0 Å². The average Bonchev–Trinajstić information content (AvgIpc) is 2.09. The number of aryl methyl sites for hydroxylation is 1. The Hall–Kier alpha value is -0.960. The summed E-state index contributed by atoms with van der Waals surface area (Å²) in [5.74, 6) is 0. The lowest BCUT2D eigenvalue weighted by Gasteiger charge is -2.21. The van der Waals surface area contributed by atoms with Gasteiger partial charge in [-0.2, -0.15) is 0 Å². The Morgan fingerprint density at radius 1 is 1.38 bits per heavy atom. The topological polar surface area (TPSA) is 29.0 Å². The van der Waals surface area contributed by atoms with E-state index >= 15 is 0 Å². The second-order valence-electron chi connectivity index (χ2n) is 3.35. The molecule has 0 saturated carbocycles. The van der Waals surface area contributed by atoms with Gasteiger partial charge in [-0.05, 0) is 27.4 Å².